The first-order chi connectivity index (χ1) is 12.5. The van der Waals surface area contributed by atoms with Crippen LogP contribution in [0.5, 0.6) is 0 Å². The summed E-state index contributed by atoms with van der Waals surface area (Å²) in [4.78, 5) is 16.9. The molecule has 0 saturated carbocycles. The molecule has 0 radical (unpaired) electrons. The van der Waals surface area contributed by atoms with Gasteiger partial charge in [-0.25, -0.2) is 4.98 Å². The summed E-state index contributed by atoms with van der Waals surface area (Å²) in [5.74, 6) is 1.56. The molecule has 0 aliphatic carbocycles. The highest BCUT2D eigenvalue weighted by Crippen LogP contribution is 2.18. The summed E-state index contributed by atoms with van der Waals surface area (Å²) in [7, 11) is 0. The van der Waals surface area contributed by atoms with Crippen molar-refractivity contribution in [2.75, 3.05) is 6.54 Å². The van der Waals surface area contributed by atoms with E-state index in [0.717, 1.165) is 30.7 Å². The van der Waals surface area contributed by atoms with E-state index in [1.807, 2.05) is 6.07 Å². The lowest BCUT2D eigenvalue weighted by molar-refractivity contribution is 0.0953. The minimum atomic E-state index is -0.0719. The number of hydrogen-bond donors (Lipinski definition) is 1. The van der Waals surface area contributed by atoms with Gasteiger partial charge in [0, 0.05) is 30.1 Å². The topological polar surface area (TPSA) is 46.9 Å². The zero-order valence-electron chi connectivity index (χ0n) is 15.2. The summed E-state index contributed by atoms with van der Waals surface area (Å²) in [6, 6.07) is 15.2. The lowest BCUT2D eigenvalue weighted by Gasteiger charge is -2.12. The Morgan fingerprint density at radius 1 is 1.15 bits per heavy atom. The van der Waals surface area contributed by atoms with Gasteiger partial charge in [0.15, 0.2) is 0 Å². The van der Waals surface area contributed by atoms with Crippen molar-refractivity contribution >= 4 is 28.5 Å². The van der Waals surface area contributed by atoms with E-state index < -0.39 is 0 Å². The van der Waals surface area contributed by atoms with Crippen molar-refractivity contribution in [3.05, 3.63) is 64.9 Å². The van der Waals surface area contributed by atoms with Crippen LogP contribution in [0.3, 0.4) is 0 Å². The molecular weight excluding hydrogens is 346 g/mol. The van der Waals surface area contributed by atoms with Gasteiger partial charge in [-0.1, -0.05) is 37.6 Å². The highest BCUT2D eigenvalue weighted by Gasteiger charge is 2.11. The first-order valence-corrected chi connectivity index (χ1v) is 9.40. The molecule has 0 fully saturated rings. The summed E-state index contributed by atoms with van der Waals surface area (Å²) in [5.41, 5.74) is 2.84. The minimum absolute atomic E-state index is 0.0719. The number of carbonyl (C=O) groups is 1. The Hall–Kier alpha value is -2.33. The molecule has 26 heavy (non-hydrogen) atoms. The summed E-state index contributed by atoms with van der Waals surface area (Å²) in [6.07, 6.45) is 1.68. The molecule has 136 valence electrons. The Kier molecular flexibility index (Phi) is 5.94. The standard InChI is InChI=1S/C21H24ClN3O/c1-15(2)14-25-19-7-4-3-6-18(19)24-20(25)8-5-13-23-21(26)16-9-11-17(22)12-10-16/h3-4,6-7,9-12,15H,5,8,13-14H2,1-2H3,(H,23,26). The Bertz CT molecular complexity index is 884. The zero-order chi connectivity index (χ0) is 18.5. The number of halogens is 1. The molecule has 0 aliphatic heterocycles. The van der Waals surface area contributed by atoms with Crippen molar-refractivity contribution in [2.45, 2.75) is 33.2 Å². The molecule has 3 rings (SSSR count). The van der Waals surface area contributed by atoms with Crippen LogP contribution < -0.4 is 5.32 Å². The molecule has 3 aromatic rings. The van der Waals surface area contributed by atoms with Crippen molar-refractivity contribution in [2.24, 2.45) is 5.92 Å². The first kappa shape index (κ1) is 18.5. The number of amides is 1. The van der Waals surface area contributed by atoms with Gasteiger partial charge < -0.3 is 9.88 Å². The van der Waals surface area contributed by atoms with Crippen molar-refractivity contribution in [3.63, 3.8) is 0 Å². The molecular formula is C21H24ClN3O. The third-order valence-corrected chi connectivity index (χ3v) is 4.50. The second-order valence-corrected chi connectivity index (χ2v) is 7.32. The molecule has 1 amide bonds. The summed E-state index contributed by atoms with van der Waals surface area (Å²) >= 11 is 5.85. The quantitative estimate of drug-likeness (QED) is 0.613. The second kappa shape index (κ2) is 8.37. The summed E-state index contributed by atoms with van der Waals surface area (Å²) < 4.78 is 2.31. The molecule has 5 heteroatoms. The number of para-hydroxylation sites is 2. The van der Waals surface area contributed by atoms with E-state index in [4.69, 9.17) is 16.6 Å². The lowest BCUT2D eigenvalue weighted by atomic mass is 10.2. The highest BCUT2D eigenvalue weighted by molar-refractivity contribution is 6.30. The van der Waals surface area contributed by atoms with Crippen LogP contribution in [-0.2, 0) is 13.0 Å². The second-order valence-electron chi connectivity index (χ2n) is 6.89. The number of aryl methyl sites for hydroxylation is 1. The van der Waals surface area contributed by atoms with E-state index in [0.29, 0.717) is 23.0 Å². The van der Waals surface area contributed by atoms with Crippen LogP contribution in [-0.4, -0.2) is 22.0 Å². The summed E-state index contributed by atoms with van der Waals surface area (Å²) in [5, 5.41) is 3.59. The minimum Gasteiger partial charge on any atom is -0.352 e. The van der Waals surface area contributed by atoms with Gasteiger partial charge in [0.25, 0.3) is 5.91 Å². The van der Waals surface area contributed by atoms with Gasteiger partial charge in [0.05, 0.1) is 11.0 Å². The molecule has 2 aromatic carbocycles. The number of benzene rings is 2. The van der Waals surface area contributed by atoms with Gasteiger partial charge in [-0.05, 0) is 48.7 Å². The van der Waals surface area contributed by atoms with Crippen LogP contribution in [0.25, 0.3) is 11.0 Å². The van der Waals surface area contributed by atoms with Gasteiger partial charge in [-0.15, -0.1) is 0 Å². The van der Waals surface area contributed by atoms with Crippen molar-refractivity contribution in [3.8, 4) is 0 Å². The van der Waals surface area contributed by atoms with E-state index >= 15 is 0 Å². The van der Waals surface area contributed by atoms with Crippen LogP contribution >= 0.6 is 11.6 Å². The van der Waals surface area contributed by atoms with Gasteiger partial charge in [-0.3, -0.25) is 4.79 Å². The molecule has 0 saturated heterocycles. The molecule has 1 heterocycles. The number of fused-ring (bicyclic) bond motifs is 1. The van der Waals surface area contributed by atoms with E-state index in [-0.39, 0.29) is 5.91 Å². The SMILES string of the molecule is CC(C)Cn1c(CCCNC(=O)c2ccc(Cl)cc2)nc2ccccc21. The Morgan fingerprint density at radius 3 is 2.62 bits per heavy atom. The molecule has 0 spiro atoms. The zero-order valence-corrected chi connectivity index (χ0v) is 16.0. The molecule has 4 nitrogen and oxygen atoms in total. The normalized spacial score (nSPS) is 11.2. The lowest BCUT2D eigenvalue weighted by Crippen LogP contribution is -2.25. The van der Waals surface area contributed by atoms with E-state index in [1.54, 1.807) is 24.3 Å². The van der Waals surface area contributed by atoms with Crippen LogP contribution in [0.4, 0.5) is 0 Å². The molecule has 1 N–H and O–H groups in total. The molecule has 0 bridgehead atoms. The average Bonchev–Trinajstić information content (AvgIpc) is 2.96. The maximum absolute atomic E-state index is 12.1. The van der Waals surface area contributed by atoms with Crippen molar-refractivity contribution in [1.82, 2.24) is 14.9 Å². The maximum atomic E-state index is 12.1. The molecule has 1 aromatic heterocycles. The van der Waals surface area contributed by atoms with Crippen LogP contribution in [0, 0.1) is 5.92 Å². The fourth-order valence-electron chi connectivity index (χ4n) is 3.04. The Morgan fingerprint density at radius 2 is 1.88 bits per heavy atom. The van der Waals surface area contributed by atoms with Gasteiger partial charge in [-0.2, -0.15) is 0 Å². The van der Waals surface area contributed by atoms with Gasteiger partial charge >= 0.3 is 0 Å². The third kappa shape index (κ3) is 4.44. The van der Waals surface area contributed by atoms with Gasteiger partial charge in [0.1, 0.15) is 5.82 Å². The molecule has 0 aliphatic rings. The fourth-order valence-corrected chi connectivity index (χ4v) is 3.16. The fraction of sp³-hybridized carbons (Fsp3) is 0.333. The predicted octanol–water partition coefficient (Wildman–Crippen LogP) is 4.71. The number of nitrogens with one attached hydrogen (secondary N) is 1. The predicted molar refractivity (Wildman–Crippen MR) is 107 cm³/mol. The Balaban J connectivity index is 1.61. The van der Waals surface area contributed by atoms with Crippen LogP contribution in [0.1, 0.15) is 36.5 Å². The number of carbonyl (C=O) groups excluding carboxylic acids is 1. The van der Waals surface area contributed by atoms with E-state index in [1.165, 1.54) is 5.52 Å². The molecule has 0 atom stereocenters. The van der Waals surface area contributed by atoms with Crippen LogP contribution in [0.2, 0.25) is 5.02 Å². The number of nitrogens with zero attached hydrogens (tertiary/aromatic N) is 2. The number of hydrogen-bond acceptors (Lipinski definition) is 2. The Labute approximate surface area is 159 Å². The largest absolute Gasteiger partial charge is 0.352 e. The average molecular weight is 370 g/mol. The van der Waals surface area contributed by atoms with Gasteiger partial charge in [0.2, 0.25) is 0 Å². The first-order valence-electron chi connectivity index (χ1n) is 9.02. The van der Waals surface area contributed by atoms with E-state index in [2.05, 4.69) is 41.9 Å². The van der Waals surface area contributed by atoms with E-state index in [9.17, 15) is 4.79 Å². The van der Waals surface area contributed by atoms with Crippen molar-refractivity contribution < 1.29 is 4.79 Å². The van der Waals surface area contributed by atoms with Crippen molar-refractivity contribution in [1.29, 1.82) is 0 Å². The smallest absolute Gasteiger partial charge is 0.251 e. The monoisotopic (exact) mass is 369 g/mol. The third-order valence-electron chi connectivity index (χ3n) is 4.25. The number of imidazole rings is 1. The summed E-state index contributed by atoms with van der Waals surface area (Å²) in [6.45, 7) is 6.00. The number of aromatic nitrogens is 2. The number of rotatable bonds is 7. The maximum Gasteiger partial charge on any atom is 0.251 e. The van der Waals surface area contributed by atoms with Crippen LogP contribution in [0.15, 0.2) is 48.5 Å². The highest BCUT2D eigenvalue weighted by atomic mass is 35.5. The molecule has 0 unspecified atom stereocenters.